The van der Waals surface area contributed by atoms with Crippen LogP contribution in [0.5, 0.6) is 0 Å². The van der Waals surface area contributed by atoms with Crippen LogP contribution in [0.1, 0.15) is 36.7 Å². The van der Waals surface area contributed by atoms with Crippen LogP contribution in [0.3, 0.4) is 0 Å². The fourth-order valence-corrected chi connectivity index (χ4v) is 3.21. The molecule has 0 aliphatic heterocycles. The van der Waals surface area contributed by atoms with E-state index in [1.54, 1.807) is 18.7 Å². The van der Waals surface area contributed by atoms with Crippen LogP contribution < -0.4 is 5.32 Å². The van der Waals surface area contributed by atoms with E-state index in [2.05, 4.69) is 19.2 Å². The Morgan fingerprint density at radius 3 is 2.39 bits per heavy atom. The van der Waals surface area contributed by atoms with Crippen LogP contribution in [0.4, 0.5) is 0 Å². The second-order valence-corrected chi connectivity index (χ2v) is 7.60. The maximum Gasteiger partial charge on any atom is 0.252 e. The number of carbonyl (C=O) groups excluding carboxylic acids is 1. The Hall–Kier alpha value is -1.78. The van der Waals surface area contributed by atoms with Gasteiger partial charge in [-0.05, 0) is 24.6 Å². The molecule has 0 aromatic heterocycles. The van der Waals surface area contributed by atoms with Gasteiger partial charge in [0.05, 0.1) is 12.1 Å². The molecule has 0 heterocycles. The van der Waals surface area contributed by atoms with Crippen molar-refractivity contribution in [1.82, 2.24) is 5.32 Å². The van der Waals surface area contributed by atoms with Gasteiger partial charge in [-0.15, -0.1) is 11.8 Å². The Balaban J connectivity index is 2.08. The van der Waals surface area contributed by atoms with Crippen molar-refractivity contribution in [3.05, 3.63) is 65.7 Å². The molecular formula is C19H23NO2S. The molecule has 3 nitrogen and oxygen atoms in total. The molecular weight excluding hydrogens is 306 g/mol. The zero-order chi connectivity index (χ0) is 16.9. The molecule has 1 amide bonds. The van der Waals surface area contributed by atoms with Crippen molar-refractivity contribution < 1.29 is 9.90 Å². The van der Waals surface area contributed by atoms with Gasteiger partial charge in [0.2, 0.25) is 0 Å². The highest BCUT2D eigenvalue weighted by atomic mass is 32.2. The van der Waals surface area contributed by atoms with Gasteiger partial charge in [-0.2, -0.15) is 0 Å². The number of amides is 1. The number of hydrogen-bond donors (Lipinski definition) is 2. The molecule has 4 heteroatoms. The first kappa shape index (κ1) is 17.6. The molecule has 2 rings (SSSR count). The number of nitrogens with one attached hydrogen (secondary N) is 1. The average molecular weight is 329 g/mol. The molecule has 0 radical (unpaired) electrons. The van der Waals surface area contributed by atoms with Gasteiger partial charge in [-0.1, -0.05) is 56.3 Å². The van der Waals surface area contributed by atoms with Crippen LogP contribution in [0.2, 0.25) is 0 Å². The van der Waals surface area contributed by atoms with Crippen LogP contribution in [-0.4, -0.2) is 22.8 Å². The Morgan fingerprint density at radius 2 is 1.74 bits per heavy atom. The number of rotatable bonds is 6. The summed E-state index contributed by atoms with van der Waals surface area (Å²) in [6, 6.07) is 16.9. The first-order chi connectivity index (χ1) is 10.9. The Morgan fingerprint density at radius 1 is 1.13 bits per heavy atom. The van der Waals surface area contributed by atoms with Gasteiger partial charge in [-0.3, -0.25) is 4.79 Å². The second kappa shape index (κ2) is 7.66. The van der Waals surface area contributed by atoms with Crippen LogP contribution in [0, 0.1) is 0 Å². The van der Waals surface area contributed by atoms with Gasteiger partial charge in [-0.25, -0.2) is 0 Å². The molecule has 1 unspecified atom stereocenters. The van der Waals surface area contributed by atoms with Crippen LogP contribution in [-0.2, 0) is 5.60 Å². The van der Waals surface area contributed by atoms with Gasteiger partial charge in [0.15, 0.2) is 0 Å². The van der Waals surface area contributed by atoms with Crippen molar-refractivity contribution >= 4 is 17.7 Å². The molecule has 1 atom stereocenters. The highest BCUT2D eigenvalue weighted by Gasteiger charge is 2.24. The Labute approximate surface area is 142 Å². The lowest BCUT2D eigenvalue weighted by molar-refractivity contribution is 0.0525. The highest BCUT2D eigenvalue weighted by Crippen LogP contribution is 2.26. The van der Waals surface area contributed by atoms with Crippen molar-refractivity contribution in [1.29, 1.82) is 0 Å². The molecule has 0 aliphatic carbocycles. The molecule has 2 N–H and O–H groups in total. The third-order valence-corrected chi connectivity index (χ3v) is 4.56. The monoisotopic (exact) mass is 329 g/mol. The molecule has 23 heavy (non-hydrogen) atoms. The molecule has 2 aromatic carbocycles. The first-order valence-corrected chi connectivity index (χ1v) is 8.60. The summed E-state index contributed by atoms with van der Waals surface area (Å²) in [5.74, 6) is -0.162. The van der Waals surface area contributed by atoms with E-state index < -0.39 is 5.60 Å². The van der Waals surface area contributed by atoms with Crippen molar-refractivity contribution in [3.8, 4) is 0 Å². The van der Waals surface area contributed by atoms with Gasteiger partial charge < -0.3 is 10.4 Å². The van der Waals surface area contributed by atoms with Crippen molar-refractivity contribution in [2.24, 2.45) is 0 Å². The summed E-state index contributed by atoms with van der Waals surface area (Å²) < 4.78 is 0. The van der Waals surface area contributed by atoms with E-state index in [0.717, 1.165) is 10.5 Å². The summed E-state index contributed by atoms with van der Waals surface area (Å²) in [5.41, 5.74) is 0.331. The lowest BCUT2D eigenvalue weighted by atomic mass is 9.96. The van der Waals surface area contributed by atoms with Gasteiger partial charge in [0.1, 0.15) is 5.60 Å². The van der Waals surface area contributed by atoms with E-state index in [-0.39, 0.29) is 12.5 Å². The van der Waals surface area contributed by atoms with Crippen molar-refractivity contribution in [3.63, 3.8) is 0 Å². The Kier molecular flexibility index (Phi) is 5.85. The van der Waals surface area contributed by atoms with Gasteiger partial charge in [0, 0.05) is 10.1 Å². The second-order valence-electron chi connectivity index (χ2n) is 5.99. The molecule has 0 spiro atoms. The standard InChI is InChI=1S/C19H23NO2S/c1-14(2)23-17-12-8-7-11-16(17)18(21)20-13-19(3,22)15-9-5-4-6-10-15/h4-12,14,22H,13H2,1-3H3,(H,20,21). The van der Waals surface area contributed by atoms with E-state index in [1.807, 2.05) is 54.6 Å². The first-order valence-electron chi connectivity index (χ1n) is 7.72. The average Bonchev–Trinajstić information content (AvgIpc) is 2.53. The number of aliphatic hydroxyl groups is 1. The zero-order valence-corrected chi connectivity index (χ0v) is 14.6. The summed E-state index contributed by atoms with van der Waals surface area (Å²) in [6.45, 7) is 6.06. The largest absolute Gasteiger partial charge is 0.384 e. The molecule has 122 valence electrons. The topological polar surface area (TPSA) is 49.3 Å². The maximum absolute atomic E-state index is 12.5. The summed E-state index contributed by atoms with van der Waals surface area (Å²) in [7, 11) is 0. The van der Waals surface area contributed by atoms with Crippen LogP contribution in [0.15, 0.2) is 59.5 Å². The summed E-state index contributed by atoms with van der Waals surface area (Å²) in [6.07, 6.45) is 0. The lowest BCUT2D eigenvalue weighted by Gasteiger charge is -2.24. The normalized spacial score (nSPS) is 13.6. The van der Waals surface area contributed by atoms with Gasteiger partial charge >= 0.3 is 0 Å². The lowest BCUT2D eigenvalue weighted by Crippen LogP contribution is -2.38. The molecule has 2 aromatic rings. The summed E-state index contributed by atoms with van der Waals surface area (Å²) in [5, 5.41) is 13.8. The highest BCUT2D eigenvalue weighted by molar-refractivity contribution is 8.00. The van der Waals surface area contributed by atoms with E-state index in [9.17, 15) is 9.90 Å². The minimum atomic E-state index is -1.10. The van der Waals surface area contributed by atoms with E-state index >= 15 is 0 Å². The van der Waals surface area contributed by atoms with E-state index in [1.165, 1.54) is 0 Å². The van der Waals surface area contributed by atoms with Crippen LogP contribution >= 0.6 is 11.8 Å². The SMILES string of the molecule is CC(C)Sc1ccccc1C(=O)NCC(C)(O)c1ccccc1. The maximum atomic E-state index is 12.5. The minimum absolute atomic E-state index is 0.162. The zero-order valence-electron chi connectivity index (χ0n) is 13.7. The summed E-state index contributed by atoms with van der Waals surface area (Å²) >= 11 is 1.66. The van der Waals surface area contributed by atoms with E-state index in [0.29, 0.717) is 10.8 Å². The van der Waals surface area contributed by atoms with Gasteiger partial charge in [0.25, 0.3) is 5.91 Å². The molecule has 0 fully saturated rings. The number of carbonyl (C=O) groups is 1. The molecule has 0 aliphatic rings. The molecule has 0 bridgehead atoms. The van der Waals surface area contributed by atoms with Crippen molar-refractivity contribution in [2.45, 2.75) is 36.5 Å². The molecule has 0 saturated heterocycles. The predicted molar refractivity (Wildman–Crippen MR) is 95.8 cm³/mol. The third kappa shape index (κ3) is 4.85. The van der Waals surface area contributed by atoms with Crippen LogP contribution in [0.25, 0.3) is 0 Å². The number of thioether (sulfide) groups is 1. The fraction of sp³-hybridized carbons (Fsp3) is 0.316. The van der Waals surface area contributed by atoms with E-state index in [4.69, 9.17) is 0 Å². The number of hydrogen-bond acceptors (Lipinski definition) is 3. The smallest absolute Gasteiger partial charge is 0.252 e. The fourth-order valence-electron chi connectivity index (χ4n) is 2.26. The minimum Gasteiger partial charge on any atom is -0.384 e. The Bertz CT molecular complexity index is 653. The predicted octanol–water partition coefficient (Wildman–Crippen LogP) is 3.82. The van der Waals surface area contributed by atoms with Crippen molar-refractivity contribution in [2.75, 3.05) is 6.54 Å². The summed E-state index contributed by atoms with van der Waals surface area (Å²) in [4.78, 5) is 13.4. The third-order valence-electron chi connectivity index (χ3n) is 3.48. The number of benzene rings is 2. The molecule has 0 saturated carbocycles. The quantitative estimate of drug-likeness (QED) is 0.792.